The summed E-state index contributed by atoms with van der Waals surface area (Å²) in [5, 5.41) is 22.9. The average molecular weight is 431 g/mol. The number of aryl methyl sites for hydroxylation is 3. The van der Waals surface area contributed by atoms with E-state index in [9.17, 15) is 14.9 Å². The van der Waals surface area contributed by atoms with Crippen LogP contribution < -0.4 is 5.32 Å². The Bertz CT molecular complexity index is 1070. The quantitative estimate of drug-likeness (QED) is 0.428. The minimum Gasteiger partial charge on any atom is -0.358 e. The van der Waals surface area contributed by atoms with Gasteiger partial charge in [0.15, 0.2) is 0 Å². The van der Waals surface area contributed by atoms with Gasteiger partial charge in [0.05, 0.1) is 47.0 Å². The van der Waals surface area contributed by atoms with E-state index in [4.69, 9.17) is 11.6 Å². The summed E-state index contributed by atoms with van der Waals surface area (Å²) in [6.45, 7) is 6.53. The Morgan fingerprint density at radius 2 is 1.87 bits per heavy atom. The van der Waals surface area contributed by atoms with Gasteiger partial charge in [0.2, 0.25) is 5.91 Å². The van der Waals surface area contributed by atoms with Gasteiger partial charge in [-0.2, -0.15) is 9.78 Å². The number of benzene rings is 1. The molecule has 0 saturated heterocycles. The Hall–Kier alpha value is -3.20. The molecule has 0 aliphatic heterocycles. The van der Waals surface area contributed by atoms with E-state index in [2.05, 4.69) is 15.5 Å². The van der Waals surface area contributed by atoms with E-state index < -0.39 is 4.92 Å². The van der Waals surface area contributed by atoms with Crippen LogP contribution in [-0.2, 0) is 17.9 Å². The summed E-state index contributed by atoms with van der Waals surface area (Å²) in [6.07, 6.45) is 0.789. The van der Waals surface area contributed by atoms with Crippen LogP contribution >= 0.6 is 11.6 Å². The summed E-state index contributed by atoms with van der Waals surface area (Å²) < 4.78 is 3.40. The zero-order valence-corrected chi connectivity index (χ0v) is 17.8. The van der Waals surface area contributed by atoms with E-state index in [-0.39, 0.29) is 18.1 Å². The number of nitro groups is 1. The smallest absolute Gasteiger partial charge is 0.358 e. The van der Waals surface area contributed by atoms with Crippen molar-refractivity contribution in [3.05, 3.63) is 68.1 Å². The van der Waals surface area contributed by atoms with Crippen molar-refractivity contribution in [2.45, 2.75) is 46.7 Å². The summed E-state index contributed by atoms with van der Waals surface area (Å²) in [6, 6.07) is 8.97. The Morgan fingerprint density at radius 1 is 1.17 bits per heavy atom. The van der Waals surface area contributed by atoms with Gasteiger partial charge < -0.3 is 15.4 Å². The molecule has 3 rings (SSSR count). The Kier molecular flexibility index (Phi) is 6.51. The first kappa shape index (κ1) is 21.5. The Balaban J connectivity index is 1.58. The fourth-order valence-corrected chi connectivity index (χ4v) is 3.32. The maximum atomic E-state index is 12.4. The van der Waals surface area contributed by atoms with Crippen LogP contribution in [0.3, 0.4) is 0 Å². The highest BCUT2D eigenvalue weighted by Crippen LogP contribution is 2.21. The predicted octanol–water partition coefficient (Wildman–Crippen LogP) is 4.03. The molecule has 30 heavy (non-hydrogen) atoms. The zero-order valence-electron chi connectivity index (χ0n) is 17.1. The highest BCUT2D eigenvalue weighted by Gasteiger charge is 2.17. The van der Waals surface area contributed by atoms with Gasteiger partial charge in [-0.15, -0.1) is 0 Å². The first-order valence-electron chi connectivity index (χ1n) is 9.51. The maximum absolute atomic E-state index is 12.4. The van der Waals surface area contributed by atoms with Crippen LogP contribution in [0.15, 0.2) is 30.3 Å². The van der Waals surface area contributed by atoms with Crippen molar-refractivity contribution < 1.29 is 9.72 Å². The molecule has 1 N–H and O–H groups in total. The van der Waals surface area contributed by atoms with E-state index in [1.807, 2.05) is 42.8 Å². The number of nitrogens with zero attached hydrogens (tertiary/aromatic N) is 5. The first-order chi connectivity index (χ1) is 14.2. The number of halogens is 1. The molecule has 1 amide bonds. The molecule has 0 bridgehead atoms. The number of carbonyl (C=O) groups is 1. The fourth-order valence-electron chi connectivity index (χ4n) is 3.19. The molecule has 2 heterocycles. The van der Waals surface area contributed by atoms with Crippen molar-refractivity contribution in [2.75, 3.05) is 5.32 Å². The van der Waals surface area contributed by atoms with Gasteiger partial charge in [-0.3, -0.25) is 9.48 Å². The normalized spacial score (nSPS) is 10.9. The molecule has 9 nitrogen and oxygen atoms in total. The largest absolute Gasteiger partial charge is 0.390 e. The van der Waals surface area contributed by atoms with Gasteiger partial charge in [0.25, 0.3) is 0 Å². The molecular weight excluding hydrogens is 408 g/mol. The molecular formula is C20H23ClN6O3. The van der Waals surface area contributed by atoms with Crippen molar-refractivity contribution in [1.29, 1.82) is 0 Å². The van der Waals surface area contributed by atoms with Crippen LogP contribution in [-0.4, -0.2) is 30.4 Å². The Morgan fingerprint density at radius 3 is 2.50 bits per heavy atom. The van der Waals surface area contributed by atoms with E-state index in [1.54, 1.807) is 11.6 Å². The predicted molar refractivity (Wildman–Crippen MR) is 114 cm³/mol. The van der Waals surface area contributed by atoms with Gasteiger partial charge in [-0.25, -0.2) is 0 Å². The number of nitrogens with one attached hydrogen (secondary N) is 1. The Labute approximate surface area is 178 Å². The van der Waals surface area contributed by atoms with Crippen LogP contribution in [0, 0.1) is 30.9 Å². The second-order valence-electron chi connectivity index (χ2n) is 7.11. The lowest BCUT2D eigenvalue weighted by atomic mass is 10.2. The molecule has 0 aliphatic rings. The molecule has 2 aromatic heterocycles. The molecule has 0 unspecified atom stereocenters. The molecule has 158 valence electrons. The fraction of sp³-hybridized carbons (Fsp3) is 0.350. The molecule has 3 aromatic rings. The summed E-state index contributed by atoms with van der Waals surface area (Å²) in [7, 11) is 0. The van der Waals surface area contributed by atoms with Gasteiger partial charge in [-0.05, 0) is 49.8 Å². The van der Waals surface area contributed by atoms with Crippen molar-refractivity contribution in [3.63, 3.8) is 0 Å². The topological polar surface area (TPSA) is 108 Å². The van der Waals surface area contributed by atoms with E-state index >= 15 is 0 Å². The number of hydrogen-bond acceptors (Lipinski definition) is 5. The first-order valence-corrected chi connectivity index (χ1v) is 9.89. The summed E-state index contributed by atoms with van der Waals surface area (Å²) in [5.74, 6) is -0.317. The van der Waals surface area contributed by atoms with Crippen molar-refractivity contribution >= 4 is 29.0 Å². The van der Waals surface area contributed by atoms with Crippen molar-refractivity contribution in [3.8, 4) is 0 Å². The number of aromatic nitrogens is 4. The zero-order chi connectivity index (χ0) is 21.8. The standard InChI is InChI=1S/C20H23ClN6O3/c1-13-11-18(27(29)30)24-25(13)10-4-5-19(28)22-20-14(2)23-26(15(20)3)12-16-6-8-17(21)9-7-16/h6-9,11H,4-5,10,12H2,1-3H3,(H,22,28). The van der Waals surface area contributed by atoms with E-state index in [0.717, 1.165) is 17.0 Å². The van der Waals surface area contributed by atoms with Crippen LogP contribution in [0.1, 0.15) is 35.5 Å². The van der Waals surface area contributed by atoms with Crippen LogP contribution in [0.4, 0.5) is 11.5 Å². The minimum absolute atomic E-state index is 0.133. The molecule has 0 radical (unpaired) electrons. The third kappa shape index (κ3) is 5.04. The third-order valence-electron chi connectivity index (χ3n) is 4.82. The molecule has 0 saturated carbocycles. The lowest BCUT2D eigenvalue weighted by molar-refractivity contribution is -0.389. The van der Waals surface area contributed by atoms with Gasteiger partial charge in [-0.1, -0.05) is 23.7 Å². The van der Waals surface area contributed by atoms with E-state index in [0.29, 0.717) is 35.9 Å². The number of amides is 1. The molecule has 1 aromatic carbocycles. The maximum Gasteiger partial charge on any atom is 0.390 e. The summed E-state index contributed by atoms with van der Waals surface area (Å²) >= 11 is 5.93. The SMILES string of the molecule is Cc1nn(Cc2ccc(Cl)cc2)c(C)c1NC(=O)CCCn1nc([N+](=O)[O-])cc1C. The second kappa shape index (κ2) is 9.08. The highest BCUT2D eigenvalue weighted by atomic mass is 35.5. The van der Waals surface area contributed by atoms with Crippen LogP contribution in [0.5, 0.6) is 0 Å². The monoisotopic (exact) mass is 430 g/mol. The molecule has 0 atom stereocenters. The van der Waals surface area contributed by atoms with E-state index in [1.165, 1.54) is 6.07 Å². The molecule has 0 fully saturated rings. The van der Waals surface area contributed by atoms with Gasteiger partial charge in [0, 0.05) is 11.4 Å². The average Bonchev–Trinajstić information content (AvgIpc) is 3.19. The molecule has 0 spiro atoms. The third-order valence-corrected chi connectivity index (χ3v) is 5.07. The van der Waals surface area contributed by atoms with Gasteiger partial charge in [0.1, 0.15) is 0 Å². The van der Waals surface area contributed by atoms with Gasteiger partial charge >= 0.3 is 5.82 Å². The number of carbonyl (C=O) groups excluding carboxylic acids is 1. The number of rotatable bonds is 8. The second-order valence-corrected chi connectivity index (χ2v) is 7.54. The molecule has 10 heteroatoms. The molecule has 0 aliphatic carbocycles. The number of anilines is 1. The van der Waals surface area contributed by atoms with Crippen LogP contribution in [0.2, 0.25) is 5.02 Å². The lowest BCUT2D eigenvalue weighted by Gasteiger charge is -2.07. The van der Waals surface area contributed by atoms with Crippen LogP contribution in [0.25, 0.3) is 0 Å². The highest BCUT2D eigenvalue weighted by molar-refractivity contribution is 6.30. The summed E-state index contributed by atoms with van der Waals surface area (Å²) in [4.78, 5) is 22.7. The minimum atomic E-state index is -0.524. The number of hydrogen-bond donors (Lipinski definition) is 1. The van der Waals surface area contributed by atoms with Crippen molar-refractivity contribution in [2.24, 2.45) is 0 Å². The lowest BCUT2D eigenvalue weighted by Crippen LogP contribution is -2.14. The van der Waals surface area contributed by atoms with Crippen molar-refractivity contribution in [1.82, 2.24) is 19.6 Å². The summed E-state index contributed by atoms with van der Waals surface area (Å²) in [5.41, 5.74) is 4.08.